The number of nitrogens with zero attached hydrogens (tertiary/aromatic N) is 1. The summed E-state index contributed by atoms with van der Waals surface area (Å²) in [5.41, 5.74) is 2.70. The van der Waals surface area contributed by atoms with Crippen molar-refractivity contribution in [3.8, 4) is 0 Å². The maximum absolute atomic E-state index is 3.67. The molecule has 0 saturated carbocycles. The smallest absolute Gasteiger partial charge is 0.0345 e. The molecule has 1 aromatic carbocycles. The quantitative estimate of drug-likeness (QED) is 0.860. The molecule has 17 heavy (non-hydrogen) atoms. The topological polar surface area (TPSA) is 15.3 Å². The summed E-state index contributed by atoms with van der Waals surface area (Å²) in [6, 6.07) is 9.50. The molecule has 1 heterocycles. The Morgan fingerprint density at radius 3 is 2.59 bits per heavy atom. The van der Waals surface area contributed by atoms with E-state index in [1.165, 1.54) is 37.2 Å². The zero-order valence-electron chi connectivity index (χ0n) is 11.2. The van der Waals surface area contributed by atoms with Crippen molar-refractivity contribution in [3.05, 3.63) is 29.8 Å². The lowest BCUT2D eigenvalue weighted by atomic mass is 10.0. The van der Waals surface area contributed by atoms with Crippen molar-refractivity contribution < 1.29 is 0 Å². The lowest BCUT2D eigenvalue weighted by Crippen LogP contribution is -2.36. The highest BCUT2D eigenvalue weighted by Gasteiger charge is 2.16. The van der Waals surface area contributed by atoms with Crippen LogP contribution >= 0.6 is 0 Å². The monoisotopic (exact) mass is 232 g/mol. The van der Waals surface area contributed by atoms with Crippen LogP contribution in [0.25, 0.3) is 0 Å². The molecule has 1 aromatic rings. The minimum atomic E-state index is 0.606. The van der Waals surface area contributed by atoms with Gasteiger partial charge < -0.3 is 10.2 Å². The van der Waals surface area contributed by atoms with Crippen LogP contribution in [0.15, 0.2) is 24.3 Å². The van der Waals surface area contributed by atoms with E-state index in [2.05, 4.69) is 55.4 Å². The van der Waals surface area contributed by atoms with Gasteiger partial charge in [0.15, 0.2) is 0 Å². The third-order valence-electron chi connectivity index (χ3n) is 3.64. The highest BCUT2D eigenvalue weighted by atomic mass is 15.1. The van der Waals surface area contributed by atoms with Gasteiger partial charge in [-0.05, 0) is 56.6 Å². The second-order valence-corrected chi connectivity index (χ2v) is 5.50. The average molecular weight is 232 g/mol. The summed E-state index contributed by atoms with van der Waals surface area (Å²) in [5, 5.41) is 3.67. The molecule has 0 radical (unpaired) electrons. The molecule has 1 aliphatic rings. The van der Waals surface area contributed by atoms with E-state index >= 15 is 0 Å². The molecule has 94 valence electrons. The summed E-state index contributed by atoms with van der Waals surface area (Å²) in [5.74, 6) is 0.606. The Labute approximate surface area is 105 Å². The molecule has 1 N–H and O–H groups in total. The molecule has 1 saturated heterocycles. The van der Waals surface area contributed by atoms with Gasteiger partial charge in [0.05, 0.1) is 0 Å². The zero-order valence-corrected chi connectivity index (χ0v) is 11.2. The number of hydrogen-bond donors (Lipinski definition) is 1. The van der Waals surface area contributed by atoms with Gasteiger partial charge in [0.1, 0.15) is 0 Å². The molecule has 0 spiro atoms. The van der Waals surface area contributed by atoms with Crippen LogP contribution in [0.3, 0.4) is 0 Å². The van der Waals surface area contributed by atoms with Crippen molar-refractivity contribution in [1.82, 2.24) is 4.90 Å². The Morgan fingerprint density at radius 2 is 1.94 bits per heavy atom. The Balaban J connectivity index is 1.96. The molecule has 1 aliphatic heterocycles. The Hall–Kier alpha value is -1.02. The van der Waals surface area contributed by atoms with Crippen molar-refractivity contribution in [2.24, 2.45) is 0 Å². The SMILES string of the molecule is CC(C)c1cccc(NC2CCN(C)CC2)c1. The van der Waals surface area contributed by atoms with Gasteiger partial charge in [0.2, 0.25) is 0 Å². The van der Waals surface area contributed by atoms with Crippen LogP contribution in [0.1, 0.15) is 38.2 Å². The average Bonchev–Trinajstić information content (AvgIpc) is 2.32. The second-order valence-electron chi connectivity index (χ2n) is 5.50. The van der Waals surface area contributed by atoms with Gasteiger partial charge in [-0.2, -0.15) is 0 Å². The molecular weight excluding hydrogens is 208 g/mol. The van der Waals surface area contributed by atoms with Gasteiger partial charge in [-0.1, -0.05) is 26.0 Å². The Bertz CT molecular complexity index is 352. The van der Waals surface area contributed by atoms with E-state index in [-0.39, 0.29) is 0 Å². The number of benzene rings is 1. The number of hydrogen-bond acceptors (Lipinski definition) is 2. The molecule has 0 unspecified atom stereocenters. The molecule has 2 nitrogen and oxygen atoms in total. The van der Waals surface area contributed by atoms with E-state index in [0.29, 0.717) is 12.0 Å². The number of nitrogens with one attached hydrogen (secondary N) is 1. The minimum Gasteiger partial charge on any atom is -0.382 e. The summed E-state index contributed by atoms with van der Waals surface area (Å²) in [7, 11) is 2.20. The fourth-order valence-corrected chi connectivity index (χ4v) is 2.38. The van der Waals surface area contributed by atoms with Gasteiger partial charge >= 0.3 is 0 Å². The molecule has 2 rings (SSSR count). The Morgan fingerprint density at radius 1 is 1.24 bits per heavy atom. The van der Waals surface area contributed by atoms with Crippen molar-refractivity contribution in [3.63, 3.8) is 0 Å². The molecule has 0 aliphatic carbocycles. The lowest BCUT2D eigenvalue weighted by molar-refractivity contribution is 0.264. The molecule has 0 aromatic heterocycles. The largest absolute Gasteiger partial charge is 0.382 e. The second kappa shape index (κ2) is 5.54. The van der Waals surface area contributed by atoms with Crippen LogP contribution in [-0.4, -0.2) is 31.1 Å². The molecule has 2 heteroatoms. The van der Waals surface area contributed by atoms with Gasteiger partial charge in [0, 0.05) is 11.7 Å². The summed E-state index contributed by atoms with van der Waals surface area (Å²) < 4.78 is 0. The van der Waals surface area contributed by atoms with Crippen LogP contribution in [0, 0.1) is 0 Å². The number of rotatable bonds is 3. The number of piperidine rings is 1. The minimum absolute atomic E-state index is 0.606. The number of anilines is 1. The van der Waals surface area contributed by atoms with Crippen LogP contribution in [0.2, 0.25) is 0 Å². The first-order chi connectivity index (χ1) is 8.15. The highest BCUT2D eigenvalue weighted by Crippen LogP contribution is 2.21. The van der Waals surface area contributed by atoms with Crippen LogP contribution in [0.4, 0.5) is 5.69 Å². The Kier molecular flexibility index (Phi) is 4.06. The molecule has 0 amide bonds. The first-order valence-corrected chi connectivity index (χ1v) is 6.70. The van der Waals surface area contributed by atoms with Crippen molar-refractivity contribution in [2.75, 3.05) is 25.5 Å². The fourth-order valence-electron chi connectivity index (χ4n) is 2.38. The van der Waals surface area contributed by atoms with E-state index in [9.17, 15) is 0 Å². The summed E-state index contributed by atoms with van der Waals surface area (Å²) >= 11 is 0. The highest BCUT2D eigenvalue weighted by molar-refractivity contribution is 5.47. The first kappa shape index (κ1) is 12.4. The molecule has 1 fully saturated rings. The van der Waals surface area contributed by atoms with Crippen LogP contribution in [0.5, 0.6) is 0 Å². The van der Waals surface area contributed by atoms with Gasteiger partial charge in [-0.3, -0.25) is 0 Å². The predicted octanol–water partition coefficient (Wildman–Crippen LogP) is 3.32. The normalized spacial score (nSPS) is 18.6. The number of likely N-dealkylation sites (tertiary alicyclic amines) is 1. The fraction of sp³-hybridized carbons (Fsp3) is 0.600. The maximum atomic E-state index is 3.67. The van der Waals surface area contributed by atoms with E-state index in [0.717, 1.165) is 0 Å². The van der Waals surface area contributed by atoms with Crippen molar-refractivity contribution in [2.45, 2.75) is 38.6 Å². The predicted molar refractivity (Wildman–Crippen MR) is 74.7 cm³/mol. The van der Waals surface area contributed by atoms with Gasteiger partial charge in [-0.15, -0.1) is 0 Å². The first-order valence-electron chi connectivity index (χ1n) is 6.70. The lowest BCUT2D eigenvalue weighted by Gasteiger charge is -2.30. The summed E-state index contributed by atoms with van der Waals surface area (Å²) in [6.45, 7) is 6.91. The van der Waals surface area contributed by atoms with E-state index in [4.69, 9.17) is 0 Å². The van der Waals surface area contributed by atoms with E-state index in [1.807, 2.05) is 0 Å². The maximum Gasteiger partial charge on any atom is 0.0345 e. The third-order valence-corrected chi connectivity index (χ3v) is 3.64. The van der Waals surface area contributed by atoms with Crippen molar-refractivity contribution in [1.29, 1.82) is 0 Å². The van der Waals surface area contributed by atoms with E-state index in [1.54, 1.807) is 0 Å². The molecular formula is C15H24N2. The van der Waals surface area contributed by atoms with Crippen LogP contribution in [-0.2, 0) is 0 Å². The third kappa shape index (κ3) is 3.47. The molecule has 0 bridgehead atoms. The van der Waals surface area contributed by atoms with Crippen LogP contribution < -0.4 is 5.32 Å². The zero-order chi connectivity index (χ0) is 12.3. The van der Waals surface area contributed by atoms with Gasteiger partial charge in [0.25, 0.3) is 0 Å². The van der Waals surface area contributed by atoms with E-state index < -0.39 is 0 Å². The van der Waals surface area contributed by atoms with Gasteiger partial charge in [-0.25, -0.2) is 0 Å². The standard InChI is InChI=1S/C15H24N2/c1-12(2)13-5-4-6-15(11-13)16-14-7-9-17(3)10-8-14/h4-6,11-12,14,16H,7-10H2,1-3H3. The summed E-state index contributed by atoms with van der Waals surface area (Å²) in [6.07, 6.45) is 2.50. The molecule has 0 atom stereocenters. The summed E-state index contributed by atoms with van der Waals surface area (Å²) in [4.78, 5) is 2.41. The van der Waals surface area contributed by atoms with Crippen molar-refractivity contribution >= 4 is 5.69 Å².